The molecular weight excluding hydrogens is 308 g/mol. The van der Waals surface area contributed by atoms with E-state index in [4.69, 9.17) is 4.74 Å². The van der Waals surface area contributed by atoms with E-state index in [1.807, 2.05) is 6.92 Å². The van der Waals surface area contributed by atoms with E-state index in [0.29, 0.717) is 24.0 Å². The predicted octanol–water partition coefficient (Wildman–Crippen LogP) is 2.72. The third-order valence-electron chi connectivity index (χ3n) is 3.64. The van der Waals surface area contributed by atoms with Gasteiger partial charge in [0.2, 0.25) is 0 Å². The molecule has 1 atom stereocenters. The van der Waals surface area contributed by atoms with Crippen LogP contribution < -0.4 is 5.32 Å². The molecule has 0 heterocycles. The van der Waals surface area contributed by atoms with Crippen LogP contribution in [0.1, 0.15) is 50.5 Å². The second-order valence-electron chi connectivity index (χ2n) is 6.74. The monoisotopic (exact) mass is 334 g/mol. The van der Waals surface area contributed by atoms with Crippen molar-refractivity contribution in [1.29, 1.82) is 0 Å². The lowest BCUT2D eigenvalue weighted by Gasteiger charge is -2.35. The summed E-state index contributed by atoms with van der Waals surface area (Å²) in [5, 5.41) is 2.71. The van der Waals surface area contributed by atoms with Gasteiger partial charge in [-0.15, -0.1) is 0 Å². The van der Waals surface area contributed by atoms with Gasteiger partial charge in [-0.3, -0.25) is 9.69 Å². The van der Waals surface area contributed by atoms with Crippen LogP contribution in [0, 0.1) is 0 Å². The van der Waals surface area contributed by atoms with Crippen LogP contribution in [0.2, 0.25) is 0 Å². The first kappa shape index (κ1) is 19.7. The van der Waals surface area contributed by atoms with E-state index in [2.05, 4.69) is 5.32 Å². The second-order valence-corrected chi connectivity index (χ2v) is 6.74. The van der Waals surface area contributed by atoms with E-state index < -0.39 is 17.2 Å². The standard InChI is InChI=1S/C18H26N2O4/c1-7-19-15(22)13-9-8-10-14(11-13)18(5,12-21)20(6)16(23)24-17(2,3)4/h8-12H,7H2,1-6H3,(H,19,22). The maximum Gasteiger partial charge on any atom is 0.411 e. The highest BCUT2D eigenvalue weighted by Gasteiger charge is 2.37. The van der Waals surface area contributed by atoms with Crippen molar-refractivity contribution in [3.05, 3.63) is 35.4 Å². The molecule has 6 nitrogen and oxygen atoms in total. The number of carbonyl (C=O) groups excluding carboxylic acids is 3. The van der Waals surface area contributed by atoms with Crippen LogP contribution in [-0.4, -0.2) is 42.4 Å². The minimum absolute atomic E-state index is 0.229. The van der Waals surface area contributed by atoms with Gasteiger partial charge in [-0.05, 0) is 52.3 Å². The molecule has 1 aromatic rings. The third-order valence-corrected chi connectivity index (χ3v) is 3.64. The maximum absolute atomic E-state index is 12.3. The molecule has 2 amide bonds. The summed E-state index contributed by atoms with van der Waals surface area (Å²) in [6.07, 6.45) is 0.0637. The van der Waals surface area contributed by atoms with E-state index in [1.165, 1.54) is 11.9 Å². The number of hydrogen-bond donors (Lipinski definition) is 1. The number of amides is 2. The van der Waals surface area contributed by atoms with Gasteiger partial charge in [0.05, 0.1) is 0 Å². The van der Waals surface area contributed by atoms with Crippen LogP contribution in [0.3, 0.4) is 0 Å². The Kier molecular flexibility index (Phi) is 6.12. The number of hydrogen-bond acceptors (Lipinski definition) is 4. The molecule has 0 spiro atoms. The number of nitrogens with one attached hydrogen (secondary N) is 1. The molecule has 0 saturated heterocycles. The molecule has 24 heavy (non-hydrogen) atoms. The van der Waals surface area contributed by atoms with Crippen LogP contribution in [-0.2, 0) is 15.1 Å². The Labute approximate surface area is 143 Å². The highest BCUT2D eigenvalue weighted by Crippen LogP contribution is 2.27. The Balaban J connectivity index is 3.18. The summed E-state index contributed by atoms with van der Waals surface area (Å²) in [5.41, 5.74) is -0.947. The van der Waals surface area contributed by atoms with Crippen LogP contribution >= 0.6 is 0 Å². The highest BCUT2D eigenvalue weighted by molar-refractivity contribution is 5.94. The lowest BCUT2D eigenvalue weighted by atomic mass is 9.91. The van der Waals surface area contributed by atoms with Crippen molar-refractivity contribution in [3.8, 4) is 0 Å². The topological polar surface area (TPSA) is 75.7 Å². The summed E-state index contributed by atoms with van der Waals surface area (Å²) in [5.74, 6) is -0.229. The van der Waals surface area contributed by atoms with Gasteiger partial charge in [-0.25, -0.2) is 4.79 Å². The fraction of sp³-hybridized carbons (Fsp3) is 0.500. The number of benzene rings is 1. The molecule has 1 rings (SSSR count). The lowest BCUT2D eigenvalue weighted by molar-refractivity contribution is -0.117. The average Bonchev–Trinajstić information content (AvgIpc) is 2.52. The first-order chi connectivity index (χ1) is 11.0. The molecule has 132 valence electrons. The molecule has 0 bridgehead atoms. The molecule has 0 radical (unpaired) electrons. The van der Waals surface area contributed by atoms with Crippen molar-refractivity contribution in [2.45, 2.75) is 45.8 Å². The van der Waals surface area contributed by atoms with Crippen LogP contribution in [0.25, 0.3) is 0 Å². The summed E-state index contributed by atoms with van der Waals surface area (Å²) in [7, 11) is 1.50. The fourth-order valence-electron chi connectivity index (χ4n) is 2.10. The van der Waals surface area contributed by atoms with Gasteiger partial charge in [-0.1, -0.05) is 12.1 Å². The lowest BCUT2D eigenvalue weighted by Crippen LogP contribution is -2.48. The van der Waals surface area contributed by atoms with Gasteiger partial charge in [0, 0.05) is 19.2 Å². The summed E-state index contributed by atoms with van der Waals surface area (Å²) >= 11 is 0. The van der Waals surface area contributed by atoms with E-state index >= 15 is 0 Å². The molecule has 1 aromatic carbocycles. The number of rotatable bonds is 5. The molecule has 0 saturated carbocycles. The van der Waals surface area contributed by atoms with Gasteiger partial charge >= 0.3 is 6.09 Å². The largest absolute Gasteiger partial charge is 0.444 e. The molecular formula is C18H26N2O4. The van der Waals surface area contributed by atoms with Gasteiger partial charge in [0.1, 0.15) is 17.4 Å². The summed E-state index contributed by atoms with van der Waals surface area (Å²) < 4.78 is 5.33. The Bertz CT molecular complexity index is 622. The van der Waals surface area contributed by atoms with E-state index in [9.17, 15) is 14.4 Å². The quantitative estimate of drug-likeness (QED) is 0.840. The van der Waals surface area contributed by atoms with Gasteiger partial charge < -0.3 is 14.8 Å². The summed E-state index contributed by atoms with van der Waals surface area (Å²) in [6.45, 7) is 9.21. The Morgan fingerprint density at radius 3 is 2.38 bits per heavy atom. The average molecular weight is 334 g/mol. The van der Waals surface area contributed by atoms with Gasteiger partial charge in [0.15, 0.2) is 0 Å². The smallest absolute Gasteiger partial charge is 0.411 e. The van der Waals surface area contributed by atoms with Crippen molar-refractivity contribution >= 4 is 18.3 Å². The molecule has 0 aliphatic heterocycles. The number of likely N-dealkylation sites (N-methyl/N-ethyl adjacent to an activating group) is 1. The van der Waals surface area contributed by atoms with Crippen LogP contribution in [0.4, 0.5) is 4.79 Å². The summed E-state index contributed by atoms with van der Waals surface area (Å²) in [6, 6.07) is 6.66. The molecule has 1 N–H and O–H groups in total. The predicted molar refractivity (Wildman–Crippen MR) is 91.9 cm³/mol. The highest BCUT2D eigenvalue weighted by atomic mass is 16.6. The Morgan fingerprint density at radius 1 is 1.25 bits per heavy atom. The Hall–Kier alpha value is -2.37. The Morgan fingerprint density at radius 2 is 1.88 bits per heavy atom. The third kappa shape index (κ3) is 4.57. The number of nitrogens with zero attached hydrogens (tertiary/aromatic N) is 1. The minimum Gasteiger partial charge on any atom is -0.444 e. The van der Waals surface area contributed by atoms with Crippen molar-refractivity contribution in [1.82, 2.24) is 10.2 Å². The summed E-state index contributed by atoms with van der Waals surface area (Å²) in [4.78, 5) is 37.4. The van der Waals surface area contributed by atoms with Gasteiger partial charge in [0.25, 0.3) is 5.91 Å². The zero-order valence-electron chi connectivity index (χ0n) is 15.2. The molecule has 0 fully saturated rings. The fourth-order valence-corrected chi connectivity index (χ4v) is 2.10. The van der Waals surface area contributed by atoms with Gasteiger partial charge in [-0.2, -0.15) is 0 Å². The van der Waals surface area contributed by atoms with E-state index in [-0.39, 0.29) is 5.91 Å². The normalized spacial score (nSPS) is 13.6. The maximum atomic E-state index is 12.3. The minimum atomic E-state index is -1.25. The van der Waals surface area contributed by atoms with Crippen molar-refractivity contribution < 1.29 is 19.1 Å². The second kappa shape index (κ2) is 7.47. The molecule has 0 aliphatic rings. The molecule has 1 unspecified atom stereocenters. The SMILES string of the molecule is CCNC(=O)c1cccc(C(C)(C=O)N(C)C(=O)OC(C)(C)C)c1. The molecule has 6 heteroatoms. The number of aldehydes is 1. The number of ether oxygens (including phenoxy) is 1. The van der Waals surface area contributed by atoms with Crippen molar-refractivity contribution in [2.75, 3.05) is 13.6 Å². The molecule has 0 aliphatic carbocycles. The zero-order chi connectivity index (χ0) is 18.5. The van der Waals surface area contributed by atoms with Crippen LogP contribution in [0.15, 0.2) is 24.3 Å². The number of carbonyl (C=O) groups is 3. The van der Waals surface area contributed by atoms with Crippen molar-refractivity contribution in [2.24, 2.45) is 0 Å². The zero-order valence-corrected chi connectivity index (χ0v) is 15.2. The molecule has 0 aromatic heterocycles. The first-order valence-electron chi connectivity index (χ1n) is 7.87. The first-order valence-corrected chi connectivity index (χ1v) is 7.87. The van der Waals surface area contributed by atoms with Crippen molar-refractivity contribution in [3.63, 3.8) is 0 Å². The van der Waals surface area contributed by atoms with E-state index in [0.717, 1.165) is 0 Å². The van der Waals surface area contributed by atoms with E-state index in [1.54, 1.807) is 52.0 Å². The van der Waals surface area contributed by atoms with Crippen LogP contribution in [0.5, 0.6) is 0 Å².